The van der Waals surface area contributed by atoms with Crippen LogP contribution in [0.2, 0.25) is 0 Å². The van der Waals surface area contributed by atoms with Crippen molar-refractivity contribution in [3.63, 3.8) is 0 Å². The number of amides is 2. The van der Waals surface area contributed by atoms with Crippen molar-refractivity contribution in [1.82, 2.24) is 4.90 Å². The van der Waals surface area contributed by atoms with Gasteiger partial charge in [0.1, 0.15) is 0 Å². The van der Waals surface area contributed by atoms with E-state index in [4.69, 9.17) is 15.2 Å². The van der Waals surface area contributed by atoms with Crippen molar-refractivity contribution in [3.8, 4) is 11.5 Å². The molecule has 2 heterocycles. The number of carbonyl (C=O) groups is 2. The van der Waals surface area contributed by atoms with Gasteiger partial charge in [0.15, 0.2) is 11.5 Å². The van der Waals surface area contributed by atoms with E-state index in [9.17, 15) is 9.59 Å². The first-order chi connectivity index (χ1) is 12.1. The largest absolute Gasteiger partial charge is 0.454 e. The molecule has 2 N–H and O–H groups in total. The van der Waals surface area contributed by atoms with E-state index in [1.54, 1.807) is 0 Å². The predicted molar refractivity (Wildman–Crippen MR) is 91.2 cm³/mol. The second-order valence-corrected chi connectivity index (χ2v) is 7.35. The summed E-state index contributed by atoms with van der Waals surface area (Å²) in [7, 11) is 0. The number of primary amides is 1. The number of hydrogen-bond donors (Lipinski definition) is 1. The van der Waals surface area contributed by atoms with Crippen LogP contribution in [0.1, 0.15) is 44.1 Å². The van der Waals surface area contributed by atoms with Gasteiger partial charge in [-0.3, -0.25) is 9.59 Å². The zero-order valence-corrected chi connectivity index (χ0v) is 14.3. The molecule has 1 saturated heterocycles. The molecule has 0 unspecified atom stereocenters. The number of hydrogen-bond acceptors (Lipinski definition) is 4. The van der Waals surface area contributed by atoms with Gasteiger partial charge in [0.05, 0.1) is 11.3 Å². The quantitative estimate of drug-likeness (QED) is 0.909. The summed E-state index contributed by atoms with van der Waals surface area (Å²) < 4.78 is 10.9. The molecule has 2 amide bonds. The third-order valence-electron chi connectivity index (χ3n) is 5.92. The smallest absolute Gasteiger partial charge is 0.233 e. The lowest BCUT2D eigenvalue weighted by molar-refractivity contribution is -0.138. The number of carbonyl (C=O) groups excluding carboxylic acids is 2. The van der Waals surface area contributed by atoms with Crippen LogP contribution in [0.15, 0.2) is 18.2 Å². The number of likely N-dealkylation sites (tertiary alicyclic amines) is 1. The number of nitrogens with two attached hydrogens (primary N) is 1. The van der Waals surface area contributed by atoms with Crippen molar-refractivity contribution in [2.45, 2.75) is 43.9 Å². The third kappa shape index (κ3) is 2.73. The molecule has 0 bridgehead atoms. The van der Waals surface area contributed by atoms with Crippen LogP contribution in [-0.2, 0) is 15.0 Å². The zero-order valence-electron chi connectivity index (χ0n) is 14.3. The van der Waals surface area contributed by atoms with Crippen LogP contribution in [-0.4, -0.2) is 36.6 Å². The highest BCUT2D eigenvalue weighted by atomic mass is 16.7. The van der Waals surface area contributed by atoms with Crippen LogP contribution in [0.4, 0.5) is 0 Å². The Balaban J connectivity index is 1.65. The summed E-state index contributed by atoms with van der Waals surface area (Å²) in [6.45, 7) is 1.28. The number of ether oxygens (including phenoxy) is 2. The van der Waals surface area contributed by atoms with Gasteiger partial charge < -0.3 is 20.1 Å². The summed E-state index contributed by atoms with van der Waals surface area (Å²) in [5.41, 5.74) is 5.92. The first-order valence-corrected chi connectivity index (χ1v) is 9.09. The molecule has 134 valence electrons. The molecule has 0 aromatic heterocycles. The second kappa shape index (κ2) is 6.24. The maximum atomic E-state index is 13.5. The molecule has 1 aromatic rings. The predicted octanol–water partition coefficient (Wildman–Crippen LogP) is 1.95. The number of benzene rings is 1. The summed E-state index contributed by atoms with van der Waals surface area (Å²) in [5.74, 6) is 1.05. The lowest BCUT2D eigenvalue weighted by Gasteiger charge is -2.39. The Morgan fingerprint density at radius 3 is 2.60 bits per heavy atom. The highest BCUT2D eigenvalue weighted by Crippen LogP contribution is 2.45. The fourth-order valence-corrected chi connectivity index (χ4v) is 4.46. The summed E-state index contributed by atoms with van der Waals surface area (Å²) in [5, 5.41) is 0. The van der Waals surface area contributed by atoms with Crippen molar-refractivity contribution in [2.75, 3.05) is 19.9 Å². The molecule has 1 saturated carbocycles. The molecular formula is C19H24N2O4. The summed E-state index contributed by atoms with van der Waals surface area (Å²) in [4.78, 5) is 26.8. The van der Waals surface area contributed by atoms with Crippen LogP contribution in [0, 0.1) is 5.92 Å². The van der Waals surface area contributed by atoms with Crippen LogP contribution >= 0.6 is 0 Å². The van der Waals surface area contributed by atoms with E-state index < -0.39 is 5.41 Å². The molecular weight excluding hydrogens is 320 g/mol. The van der Waals surface area contributed by atoms with E-state index in [2.05, 4.69) is 0 Å². The van der Waals surface area contributed by atoms with Gasteiger partial charge >= 0.3 is 0 Å². The SMILES string of the molecule is NC(=O)[C@H]1CCN(C(=O)C2(c3ccc4c(c3)OCO4)CCCCC2)C1. The normalized spacial score (nSPS) is 24.3. The Bertz CT molecular complexity index is 697. The van der Waals surface area contributed by atoms with Crippen molar-refractivity contribution < 1.29 is 19.1 Å². The Hall–Kier alpha value is -2.24. The van der Waals surface area contributed by atoms with Gasteiger partial charge in [-0.15, -0.1) is 0 Å². The molecule has 3 aliphatic rings. The molecule has 1 aliphatic carbocycles. The molecule has 0 radical (unpaired) electrons. The first kappa shape index (κ1) is 16.2. The summed E-state index contributed by atoms with van der Waals surface area (Å²) >= 11 is 0. The fourth-order valence-electron chi connectivity index (χ4n) is 4.46. The summed E-state index contributed by atoms with van der Waals surface area (Å²) in [6, 6.07) is 5.86. The fraction of sp³-hybridized carbons (Fsp3) is 0.579. The van der Waals surface area contributed by atoms with E-state index >= 15 is 0 Å². The Labute approximate surface area is 147 Å². The minimum absolute atomic E-state index is 0.134. The average Bonchev–Trinajstić information content (AvgIpc) is 3.30. The van der Waals surface area contributed by atoms with Gasteiger partial charge in [-0.25, -0.2) is 0 Å². The summed E-state index contributed by atoms with van der Waals surface area (Å²) in [6.07, 6.45) is 5.56. The Morgan fingerprint density at radius 2 is 1.88 bits per heavy atom. The average molecular weight is 344 g/mol. The van der Waals surface area contributed by atoms with Gasteiger partial charge in [0, 0.05) is 13.1 Å². The molecule has 2 aliphatic heterocycles. The standard InChI is InChI=1S/C19H24N2O4/c20-17(22)13-6-9-21(11-13)18(23)19(7-2-1-3-8-19)14-4-5-15-16(10-14)25-12-24-15/h4-5,10,13H,1-3,6-9,11-12H2,(H2,20,22)/t13-/m0/s1. The Kier molecular flexibility index (Phi) is 4.06. The maximum absolute atomic E-state index is 13.5. The van der Waals surface area contributed by atoms with Crippen LogP contribution in [0.5, 0.6) is 11.5 Å². The zero-order chi connectivity index (χ0) is 17.4. The van der Waals surface area contributed by atoms with Gasteiger partial charge in [-0.2, -0.15) is 0 Å². The number of nitrogens with zero attached hydrogens (tertiary/aromatic N) is 1. The van der Waals surface area contributed by atoms with Gasteiger partial charge in [0.25, 0.3) is 0 Å². The molecule has 6 heteroatoms. The van der Waals surface area contributed by atoms with E-state index in [0.717, 1.165) is 43.4 Å². The third-order valence-corrected chi connectivity index (χ3v) is 5.92. The molecule has 1 aromatic carbocycles. The van der Waals surface area contributed by atoms with E-state index in [0.29, 0.717) is 25.3 Å². The Morgan fingerprint density at radius 1 is 1.12 bits per heavy atom. The lowest BCUT2D eigenvalue weighted by atomic mass is 9.68. The van der Waals surface area contributed by atoms with Crippen molar-refractivity contribution in [1.29, 1.82) is 0 Å². The monoisotopic (exact) mass is 344 g/mol. The first-order valence-electron chi connectivity index (χ1n) is 9.09. The minimum atomic E-state index is -0.522. The molecule has 6 nitrogen and oxygen atoms in total. The van der Waals surface area contributed by atoms with Gasteiger partial charge in [-0.1, -0.05) is 25.3 Å². The molecule has 25 heavy (non-hydrogen) atoms. The second-order valence-electron chi connectivity index (χ2n) is 7.35. The van der Waals surface area contributed by atoms with E-state index in [-0.39, 0.29) is 24.5 Å². The maximum Gasteiger partial charge on any atom is 0.233 e. The number of fused-ring (bicyclic) bond motifs is 1. The van der Waals surface area contributed by atoms with Crippen LogP contribution < -0.4 is 15.2 Å². The molecule has 0 spiro atoms. The van der Waals surface area contributed by atoms with Gasteiger partial charge in [0.2, 0.25) is 18.6 Å². The van der Waals surface area contributed by atoms with Crippen molar-refractivity contribution in [3.05, 3.63) is 23.8 Å². The van der Waals surface area contributed by atoms with Crippen molar-refractivity contribution in [2.24, 2.45) is 11.7 Å². The van der Waals surface area contributed by atoms with Crippen molar-refractivity contribution >= 4 is 11.8 Å². The highest BCUT2D eigenvalue weighted by Gasteiger charge is 2.46. The molecule has 4 rings (SSSR count). The minimum Gasteiger partial charge on any atom is -0.454 e. The molecule has 2 fully saturated rings. The molecule has 1 atom stereocenters. The lowest BCUT2D eigenvalue weighted by Crippen LogP contribution is -2.47. The van der Waals surface area contributed by atoms with E-state index in [1.165, 1.54) is 0 Å². The topological polar surface area (TPSA) is 81.9 Å². The van der Waals surface area contributed by atoms with Crippen LogP contribution in [0.3, 0.4) is 0 Å². The van der Waals surface area contributed by atoms with E-state index in [1.807, 2.05) is 23.1 Å². The highest BCUT2D eigenvalue weighted by molar-refractivity contribution is 5.90. The number of rotatable bonds is 3. The van der Waals surface area contributed by atoms with Crippen LogP contribution in [0.25, 0.3) is 0 Å². The van der Waals surface area contributed by atoms with Gasteiger partial charge in [-0.05, 0) is 37.0 Å².